The first-order chi connectivity index (χ1) is 19.7. The van der Waals surface area contributed by atoms with Crippen LogP contribution in [0.2, 0.25) is 0 Å². The number of hydrogen-bond acceptors (Lipinski definition) is 2. The summed E-state index contributed by atoms with van der Waals surface area (Å²) in [6.45, 7) is 7.54. The number of unbranched alkanes of at least 4 members (excludes halogenated alkanes) is 26. The molecule has 0 saturated carbocycles. The fourth-order valence-corrected chi connectivity index (χ4v) is 6.01. The number of carbonyl (C=O) groups is 1. The van der Waals surface area contributed by atoms with Crippen molar-refractivity contribution in [2.75, 3.05) is 6.61 Å². The predicted molar refractivity (Wildman–Crippen MR) is 179 cm³/mol. The maximum Gasteiger partial charge on any atom is 0.305 e. The van der Waals surface area contributed by atoms with Crippen molar-refractivity contribution in [3.05, 3.63) is 0 Å². The lowest BCUT2D eigenvalue weighted by Gasteiger charge is -2.17. The number of hydrogen-bond donors (Lipinski definition) is 0. The predicted octanol–water partition coefficient (Wildman–Crippen LogP) is 13.7. The van der Waals surface area contributed by atoms with Gasteiger partial charge in [0.05, 0.1) is 6.61 Å². The summed E-state index contributed by atoms with van der Waals surface area (Å²) >= 11 is 0. The zero-order valence-corrected chi connectivity index (χ0v) is 28.2. The van der Waals surface area contributed by atoms with Gasteiger partial charge in [0.1, 0.15) is 0 Å². The average Bonchev–Trinajstić information content (AvgIpc) is 2.96. The van der Waals surface area contributed by atoms with Crippen LogP contribution in [0.3, 0.4) is 0 Å². The van der Waals surface area contributed by atoms with Crippen LogP contribution in [-0.2, 0) is 9.53 Å². The van der Waals surface area contributed by atoms with Gasteiger partial charge in [-0.15, -0.1) is 0 Å². The summed E-state index contributed by atoms with van der Waals surface area (Å²) in [5.41, 5.74) is 0. The van der Waals surface area contributed by atoms with Gasteiger partial charge in [-0.1, -0.05) is 201 Å². The maximum absolute atomic E-state index is 12.4. The third kappa shape index (κ3) is 32.0. The Hall–Kier alpha value is -0.530. The summed E-state index contributed by atoms with van der Waals surface area (Å²) in [6, 6.07) is 0. The van der Waals surface area contributed by atoms with E-state index in [1.165, 1.54) is 193 Å². The van der Waals surface area contributed by atoms with Crippen LogP contribution in [0.15, 0.2) is 0 Å². The molecule has 0 aromatic carbocycles. The summed E-state index contributed by atoms with van der Waals surface area (Å²) in [7, 11) is 0. The van der Waals surface area contributed by atoms with E-state index in [9.17, 15) is 4.79 Å². The van der Waals surface area contributed by atoms with Gasteiger partial charge in [-0.3, -0.25) is 4.79 Å². The third-order valence-electron chi connectivity index (χ3n) is 8.90. The van der Waals surface area contributed by atoms with Crippen molar-refractivity contribution < 1.29 is 9.53 Å². The third-order valence-corrected chi connectivity index (χ3v) is 8.90. The van der Waals surface area contributed by atoms with Crippen LogP contribution in [0, 0.1) is 5.92 Å². The highest BCUT2D eigenvalue weighted by Gasteiger charge is 2.12. The molecule has 40 heavy (non-hydrogen) atoms. The minimum absolute atomic E-state index is 0.0542. The maximum atomic E-state index is 12.4. The Kier molecular flexibility index (Phi) is 34.2. The number of carbonyl (C=O) groups excluding carboxylic acids is 1. The number of rotatable bonds is 34. The van der Waals surface area contributed by atoms with E-state index in [2.05, 4.69) is 20.8 Å². The van der Waals surface area contributed by atoms with Gasteiger partial charge in [0.25, 0.3) is 0 Å². The summed E-state index contributed by atoms with van der Waals surface area (Å²) < 4.78 is 5.80. The van der Waals surface area contributed by atoms with E-state index in [4.69, 9.17) is 4.74 Å². The van der Waals surface area contributed by atoms with Crippen molar-refractivity contribution in [2.24, 2.45) is 5.92 Å². The minimum Gasteiger partial charge on any atom is -0.465 e. The van der Waals surface area contributed by atoms with Gasteiger partial charge in [-0.2, -0.15) is 0 Å². The Morgan fingerprint density at radius 3 is 1.00 bits per heavy atom. The van der Waals surface area contributed by atoms with Crippen LogP contribution >= 0.6 is 0 Å². The zero-order valence-electron chi connectivity index (χ0n) is 28.2. The Bertz CT molecular complexity index is 474. The normalized spacial score (nSPS) is 12.2. The fourth-order valence-electron chi connectivity index (χ4n) is 6.01. The molecular formula is C38H76O2. The fraction of sp³-hybridized carbons (Fsp3) is 0.974. The molecule has 2 nitrogen and oxygen atoms in total. The molecule has 0 fully saturated rings. The molecule has 0 rings (SSSR count). The van der Waals surface area contributed by atoms with Crippen LogP contribution < -0.4 is 0 Å². The second-order valence-electron chi connectivity index (χ2n) is 13.1. The van der Waals surface area contributed by atoms with Gasteiger partial charge in [0.15, 0.2) is 0 Å². The van der Waals surface area contributed by atoms with E-state index in [0.717, 1.165) is 6.42 Å². The highest BCUT2D eigenvalue weighted by atomic mass is 16.5. The lowest BCUT2D eigenvalue weighted by Crippen LogP contribution is -2.14. The smallest absolute Gasteiger partial charge is 0.305 e. The molecule has 1 atom stereocenters. The molecule has 0 heterocycles. The standard InChI is InChI=1S/C38H76O2/c1-4-7-10-13-16-18-19-20-21-22-23-24-26-29-32-35-38(39)40-36-37(33-30-27-15-12-9-6-3)34-31-28-25-17-14-11-8-5-2/h37H,4-36H2,1-3H3/t37-/m0/s1. The lowest BCUT2D eigenvalue weighted by atomic mass is 9.94. The van der Waals surface area contributed by atoms with Crippen molar-refractivity contribution >= 4 is 5.97 Å². The Labute approximate surface area is 254 Å². The van der Waals surface area contributed by atoms with E-state index < -0.39 is 0 Å². The summed E-state index contributed by atoms with van der Waals surface area (Å²) in [5, 5.41) is 0. The van der Waals surface area contributed by atoms with Crippen LogP contribution in [-0.4, -0.2) is 12.6 Å². The molecule has 0 unspecified atom stereocenters. The van der Waals surface area contributed by atoms with E-state index in [1.807, 2.05) is 0 Å². The molecule has 0 radical (unpaired) electrons. The van der Waals surface area contributed by atoms with E-state index in [1.54, 1.807) is 0 Å². The van der Waals surface area contributed by atoms with Crippen molar-refractivity contribution in [3.8, 4) is 0 Å². The molecule has 0 aromatic heterocycles. The molecule has 0 aliphatic rings. The highest BCUT2D eigenvalue weighted by molar-refractivity contribution is 5.69. The van der Waals surface area contributed by atoms with Gasteiger partial charge in [0.2, 0.25) is 0 Å². The van der Waals surface area contributed by atoms with Gasteiger partial charge in [-0.05, 0) is 25.2 Å². The van der Waals surface area contributed by atoms with Crippen molar-refractivity contribution in [1.29, 1.82) is 0 Å². The van der Waals surface area contributed by atoms with Crippen molar-refractivity contribution in [2.45, 2.75) is 226 Å². The van der Waals surface area contributed by atoms with Gasteiger partial charge in [-0.25, -0.2) is 0 Å². The average molecular weight is 565 g/mol. The molecule has 2 heteroatoms. The molecule has 0 amide bonds. The first kappa shape index (κ1) is 39.5. The largest absolute Gasteiger partial charge is 0.465 e. The van der Waals surface area contributed by atoms with Crippen molar-refractivity contribution in [3.63, 3.8) is 0 Å². The van der Waals surface area contributed by atoms with Gasteiger partial charge in [0, 0.05) is 6.42 Å². The quantitative estimate of drug-likeness (QED) is 0.0574. The Morgan fingerprint density at radius 1 is 0.400 bits per heavy atom. The molecule has 240 valence electrons. The highest BCUT2D eigenvalue weighted by Crippen LogP contribution is 2.21. The van der Waals surface area contributed by atoms with Crippen LogP contribution in [0.4, 0.5) is 0 Å². The molecule has 0 aliphatic carbocycles. The topological polar surface area (TPSA) is 26.3 Å². The van der Waals surface area contributed by atoms with E-state index in [-0.39, 0.29) is 5.97 Å². The monoisotopic (exact) mass is 565 g/mol. The van der Waals surface area contributed by atoms with E-state index >= 15 is 0 Å². The second-order valence-corrected chi connectivity index (χ2v) is 13.1. The molecule has 0 saturated heterocycles. The summed E-state index contributed by atoms with van der Waals surface area (Å²) in [5.74, 6) is 0.634. The molecule has 0 N–H and O–H groups in total. The summed E-state index contributed by atoms with van der Waals surface area (Å²) in [4.78, 5) is 12.4. The minimum atomic E-state index is 0.0542. The zero-order chi connectivity index (χ0) is 29.2. The van der Waals surface area contributed by atoms with E-state index in [0.29, 0.717) is 18.9 Å². The van der Waals surface area contributed by atoms with Crippen LogP contribution in [0.1, 0.15) is 226 Å². The molecule has 0 aromatic rings. The molecule has 0 bridgehead atoms. The lowest BCUT2D eigenvalue weighted by molar-refractivity contribution is -0.145. The molecule has 0 spiro atoms. The molecule has 0 aliphatic heterocycles. The second kappa shape index (κ2) is 34.7. The van der Waals surface area contributed by atoms with Crippen LogP contribution in [0.5, 0.6) is 0 Å². The summed E-state index contributed by atoms with van der Waals surface area (Å²) in [6.07, 6.45) is 42.6. The Balaban J connectivity index is 3.80. The van der Waals surface area contributed by atoms with Gasteiger partial charge >= 0.3 is 5.97 Å². The number of ether oxygens (including phenoxy) is 1. The van der Waals surface area contributed by atoms with Crippen LogP contribution in [0.25, 0.3) is 0 Å². The van der Waals surface area contributed by atoms with Gasteiger partial charge < -0.3 is 4.74 Å². The first-order valence-corrected chi connectivity index (χ1v) is 18.9. The number of esters is 1. The Morgan fingerprint density at radius 2 is 0.675 bits per heavy atom. The van der Waals surface area contributed by atoms with Crippen molar-refractivity contribution in [1.82, 2.24) is 0 Å². The molecular weight excluding hydrogens is 488 g/mol. The first-order valence-electron chi connectivity index (χ1n) is 18.9. The SMILES string of the molecule is CCCCCCCCCCCCCCCCCC(=O)OC[C@@H](CCCCCCCC)CCCCCCCCCC.